The van der Waals surface area contributed by atoms with Gasteiger partial charge in [0.25, 0.3) is 0 Å². The van der Waals surface area contributed by atoms with Crippen LogP contribution in [0.2, 0.25) is 0 Å². The van der Waals surface area contributed by atoms with E-state index in [0.29, 0.717) is 12.5 Å². The Morgan fingerprint density at radius 1 is 1.33 bits per heavy atom. The van der Waals surface area contributed by atoms with Crippen molar-refractivity contribution in [1.82, 2.24) is 14.9 Å². The zero-order valence-electron chi connectivity index (χ0n) is 10.5. The molecule has 2 rings (SSSR count). The van der Waals surface area contributed by atoms with Crippen LogP contribution in [-0.2, 0) is 4.74 Å². The maximum atomic E-state index is 11.1. The van der Waals surface area contributed by atoms with Crippen molar-refractivity contribution in [2.24, 2.45) is 0 Å². The SMILES string of the molecule is COC(=O)c1cnc(OCCN2CCCC2)cn1. The summed E-state index contributed by atoms with van der Waals surface area (Å²) in [4.78, 5) is 21.4. The number of carbonyl (C=O) groups is 1. The molecule has 0 radical (unpaired) electrons. The van der Waals surface area contributed by atoms with Gasteiger partial charge in [0.05, 0.1) is 19.5 Å². The molecule has 18 heavy (non-hydrogen) atoms. The van der Waals surface area contributed by atoms with Crippen LogP contribution < -0.4 is 4.74 Å². The highest BCUT2D eigenvalue weighted by molar-refractivity contribution is 5.86. The van der Waals surface area contributed by atoms with E-state index in [0.717, 1.165) is 19.6 Å². The van der Waals surface area contributed by atoms with Crippen LogP contribution in [0.5, 0.6) is 5.88 Å². The summed E-state index contributed by atoms with van der Waals surface area (Å²) < 4.78 is 10.0. The van der Waals surface area contributed by atoms with Crippen LogP contribution >= 0.6 is 0 Å². The molecule has 2 heterocycles. The average Bonchev–Trinajstić information content (AvgIpc) is 2.92. The number of nitrogens with zero attached hydrogens (tertiary/aromatic N) is 3. The first-order valence-corrected chi connectivity index (χ1v) is 6.05. The molecule has 1 saturated heterocycles. The third-order valence-corrected chi connectivity index (χ3v) is 2.88. The molecule has 0 spiro atoms. The van der Waals surface area contributed by atoms with E-state index in [2.05, 4.69) is 19.6 Å². The molecule has 0 N–H and O–H groups in total. The van der Waals surface area contributed by atoms with E-state index in [9.17, 15) is 4.79 Å². The summed E-state index contributed by atoms with van der Waals surface area (Å²) in [7, 11) is 1.31. The van der Waals surface area contributed by atoms with Crippen LogP contribution in [0.4, 0.5) is 0 Å². The number of esters is 1. The Morgan fingerprint density at radius 3 is 2.72 bits per heavy atom. The van der Waals surface area contributed by atoms with Crippen molar-refractivity contribution >= 4 is 5.97 Å². The molecule has 0 saturated carbocycles. The maximum absolute atomic E-state index is 11.1. The van der Waals surface area contributed by atoms with E-state index in [-0.39, 0.29) is 5.69 Å². The molecule has 0 bridgehead atoms. The van der Waals surface area contributed by atoms with Crippen molar-refractivity contribution < 1.29 is 14.3 Å². The van der Waals surface area contributed by atoms with Gasteiger partial charge in [-0.25, -0.2) is 14.8 Å². The van der Waals surface area contributed by atoms with Gasteiger partial charge in [-0.3, -0.25) is 4.90 Å². The van der Waals surface area contributed by atoms with Gasteiger partial charge in [0.15, 0.2) is 5.69 Å². The molecule has 1 aliphatic rings. The predicted molar refractivity (Wildman–Crippen MR) is 64.5 cm³/mol. The minimum atomic E-state index is -0.494. The van der Waals surface area contributed by atoms with Crippen molar-refractivity contribution in [2.45, 2.75) is 12.8 Å². The van der Waals surface area contributed by atoms with Crippen molar-refractivity contribution in [2.75, 3.05) is 33.4 Å². The van der Waals surface area contributed by atoms with Gasteiger partial charge in [-0.1, -0.05) is 0 Å². The molecule has 0 amide bonds. The number of carbonyl (C=O) groups excluding carboxylic acids is 1. The molecule has 0 unspecified atom stereocenters. The molecule has 0 atom stereocenters. The Morgan fingerprint density at radius 2 is 2.11 bits per heavy atom. The minimum absolute atomic E-state index is 0.185. The van der Waals surface area contributed by atoms with Crippen molar-refractivity contribution in [3.8, 4) is 5.88 Å². The minimum Gasteiger partial charge on any atom is -0.475 e. The highest BCUT2D eigenvalue weighted by Gasteiger charge is 2.11. The predicted octanol–water partition coefficient (Wildman–Crippen LogP) is 0.738. The molecule has 1 aliphatic heterocycles. The Bertz CT molecular complexity index is 388. The monoisotopic (exact) mass is 251 g/mol. The highest BCUT2D eigenvalue weighted by Crippen LogP contribution is 2.08. The number of hydrogen-bond acceptors (Lipinski definition) is 6. The second-order valence-electron chi connectivity index (χ2n) is 4.13. The Balaban J connectivity index is 1.77. The van der Waals surface area contributed by atoms with Gasteiger partial charge in [-0.2, -0.15) is 0 Å². The maximum Gasteiger partial charge on any atom is 0.358 e. The Labute approximate surface area is 106 Å². The van der Waals surface area contributed by atoms with Gasteiger partial charge >= 0.3 is 5.97 Å². The number of ether oxygens (including phenoxy) is 2. The Kier molecular flexibility index (Phi) is 4.46. The van der Waals surface area contributed by atoms with Crippen LogP contribution in [-0.4, -0.2) is 54.2 Å². The van der Waals surface area contributed by atoms with Crippen molar-refractivity contribution in [3.63, 3.8) is 0 Å². The molecule has 6 heteroatoms. The van der Waals surface area contributed by atoms with E-state index < -0.39 is 5.97 Å². The molecular formula is C12H17N3O3. The van der Waals surface area contributed by atoms with Crippen LogP contribution in [0.1, 0.15) is 23.3 Å². The third-order valence-electron chi connectivity index (χ3n) is 2.88. The summed E-state index contributed by atoms with van der Waals surface area (Å²) in [6.07, 6.45) is 5.34. The van der Waals surface area contributed by atoms with Gasteiger partial charge < -0.3 is 9.47 Å². The molecule has 6 nitrogen and oxygen atoms in total. The lowest BCUT2D eigenvalue weighted by molar-refractivity contribution is 0.0593. The third kappa shape index (κ3) is 3.40. The van der Waals surface area contributed by atoms with Crippen molar-refractivity contribution in [3.05, 3.63) is 18.1 Å². The standard InChI is InChI=1S/C12H17N3O3/c1-17-12(16)10-8-14-11(9-13-10)18-7-6-15-4-2-3-5-15/h8-9H,2-7H2,1H3. The van der Waals surface area contributed by atoms with Gasteiger partial charge in [-0.15, -0.1) is 0 Å². The molecule has 1 aromatic heterocycles. The van der Waals surface area contributed by atoms with Crippen LogP contribution in [0.25, 0.3) is 0 Å². The zero-order valence-corrected chi connectivity index (χ0v) is 10.5. The topological polar surface area (TPSA) is 64.6 Å². The largest absolute Gasteiger partial charge is 0.475 e. The lowest BCUT2D eigenvalue weighted by Gasteiger charge is -2.14. The fraction of sp³-hybridized carbons (Fsp3) is 0.583. The molecule has 1 fully saturated rings. The van der Waals surface area contributed by atoms with Gasteiger partial charge in [0.1, 0.15) is 6.61 Å². The smallest absolute Gasteiger partial charge is 0.358 e. The first-order chi connectivity index (χ1) is 8.79. The first-order valence-electron chi connectivity index (χ1n) is 6.05. The van der Waals surface area contributed by atoms with Crippen LogP contribution in [0.15, 0.2) is 12.4 Å². The number of aromatic nitrogens is 2. The second-order valence-corrected chi connectivity index (χ2v) is 4.13. The summed E-state index contributed by atoms with van der Waals surface area (Å²) in [5.41, 5.74) is 0.185. The second kappa shape index (κ2) is 6.30. The molecule has 0 aliphatic carbocycles. The summed E-state index contributed by atoms with van der Waals surface area (Å²) >= 11 is 0. The quantitative estimate of drug-likeness (QED) is 0.719. The summed E-state index contributed by atoms with van der Waals surface area (Å²) in [5.74, 6) is -0.0621. The molecular weight excluding hydrogens is 234 g/mol. The number of likely N-dealkylation sites (tertiary alicyclic amines) is 1. The first kappa shape index (κ1) is 12.8. The van der Waals surface area contributed by atoms with Crippen LogP contribution in [0, 0.1) is 0 Å². The van der Waals surface area contributed by atoms with E-state index in [1.54, 1.807) is 0 Å². The van der Waals surface area contributed by atoms with E-state index in [4.69, 9.17) is 4.74 Å². The number of hydrogen-bond donors (Lipinski definition) is 0. The number of rotatable bonds is 5. The summed E-state index contributed by atoms with van der Waals surface area (Å²) in [6, 6.07) is 0. The van der Waals surface area contributed by atoms with E-state index >= 15 is 0 Å². The van der Waals surface area contributed by atoms with Crippen molar-refractivity contribution in [1.29, 1.82) is 0 Å². The van der Waals surface area contributed by atoms with E-state index in [1.165, 1.54) is 32.3 Å². The normalized spacial score (nSPS) is 15.6. The molecule has 0 aromatic carbocycles. The lowest BCUT2D eigenvalue weighted by Crippen LogP contribution is -2.25. The summed E-state index contributed by atoms with van der Waals surface area (Å²) in [5, 5.41) is 0. The van der Waals surface area contributed by atoms with Gasteiger partial charge in [-0.05, 0) is 25.9 Å². The fourth-order valence-electron chi connectivity index (χ4n) is 1.89. The summed E-state index contributed by atoms with van der Waals surface area (Å²) in [6.45, 7) is 3.79. The Hall–Kier alpha value is -1.69. The highest BCUT2D eigenvalue weighted by atomic mass is 16.5. The van der Waals surface area contributed by atoms with Gasteiger partial charge in [0, 0.05) is 6.54 Å². The van der Waals surface area contributed by atoms with Crippen LogP contribution in [0.3, 0.4) is 0 Å². The lowest BCUT2D eigenvalue weighted by atomic mass is 10.4. The zero-order chi connectivity index (χ0) is 12.8. The molecule has 1 aromatic rings. The van der Waals surface area contributed by atoms with Gasteiger partial charge in [0.2, 0.25) is 5.88 Å². The molecule has 98 valence electrons. The number of methoxy groups -OCH3 is 1. The fourth-order valence-corrected chi connectivity index (χ4v) is 1.89. The van der Waals surface area contributed by atoms with E-state index in [1.807, 2.05) is 0 Å². The average molecular weight is 251 g/mol.